The first-order valence-corrected chi connectivity index (χ1v) is 13.6. The summed E-state index contributed by atoms with van der Waals surface area (Å²) in [5, 5.41) is 34.8. The van der Waals surface area contributed by atoms with Crippen molar-refractivity contribution in [3.8, 4) is 0 Å². The van der Waals surface area contributed by atoms with E-state index in [0.29, 0.717) is 21.1 Å². The van der Waals surface area contributed by atoms with Crippen LogP contribution in [0.2, 0.25) is 0 Å². The molecular formula is C19H18N6O7S4. The van der Waals surface area contributed by atoms with E-state index in [2.05, 4.69) is 20.4 Å². The van der Waals surface area contributed by atoms with E-state index in [1.807, 2.05) is 0 Å². The molecule has 2 amide bonds. The van der Waals surface area contributed by atoms with Gasteiger partial charge in [0, 0.05) is 21.6 Å². The zero-order valence-electron chi connectivity index (χ0n) is 18.3. The number of carboxylic acids is 2. The van der Waals surface area contributed by atoms with Crippen LogP contribution < -0.4 is 11.1 Å². The molecule has 17 heteroatoms. The Bertz CT molecular complexity index is 1320. The van der Waals surface area contributed by atoms with Gasteiger partial charge in [0.15, 0.2) is 14.3 Å². The molecule has 2 aliphatic heterocycles. The van der Waals surface area contributed by atoms with Gasteiger partial charge in [-0.25, -0.2) is 14.8 Å². The number of nitrogens with zero attached hydrogens (tertiary/aromatic N) is 4. The number of aromatic nitrogens is 2. The molecule has 6 N–H and O–H groups in total. The van der Waals surface area contributed by atoms with Crippen molar-refractivity contribution in [3.63, 3.8) is 0 Å². The van der Waals surface area contributed by atoms with Crippen molar-refractivity contribution in [1.82, 2.24) is 20.2 Å². The van der Waals surface area contributed by atoms with Crippen LogP contribution in [0.15, 0.2) is 26.1 Å². The number of anilines is 1. The van der Waals surface area contributed by atoms with Crippen molar-refractivity contribution in [2.45, 2.75) is 34.3 Å². The second kappa shape index (κ2) is 10.1. The molecule has 1 unspecified atom stereocenters. The molecule has 2 aromatic rings. The van der Waals surface area contributed by atoms with E-state index in [4.69, 9.17) is 16.0 Å². The summed E-state index contributed by atoms with van der Waals surface area (Å²) in [4.78, 5) is 57.5. The molecule has 1 saturated heterocycles. The number of β-lactam (4-membered cyclic amide) rings is 1. The number of carboxylic acid groups (broad SMARTS) is 2. The average Bonchev–Trinajstić information content (AvgIpc) is 3.37. The highest BCUT2D eigenvalue weighted by molar-refractivity contribution is 8.02. The highest BCUT2D eigenvalue weighted by Gasteiger charge is 2.56. The molecule has 4 rings (SSSR count). The summed E-state index contributed by atoms with van der Waals surface area (Å²) in [6.45, 7) is 1.68. The number of aryl methyl sites for hydroxylation is 1. The van der Waals surface area contributed by atoms with Gasteiger partial charge in [0.05, 0.1) is 29.6 Å². The highest BCUT2D eigenvalue weighted by Crippen LogP contribution is 2.55. The van der Waals surface area contributed by atoms with Gasteiger partial charge in [-0.05, 0) is 6.92 Å². The largest absolute Gasteiger partial charge is 0.481 e. The van der Waals surface area contributed by atoms with Crippen LogP contribution in [-0.4, -0.2) is 71.4 Å². The molecule has 0 radical (unpaired) electrons. The van der Waals surface area contributed by atoms with Gasteiger partial charge in [0.25, 0.3) is 5.91 Å². The van der Waals surface area contributed by atoms with E-state index < -0.39 is 28.1 Å². The summed E-state index contributed by atoms with van der Waals surface area (Å²) in [6, 6.07) is 0. The van der Waals surface area contributed by atoms with Crippen molar-refractivity contribution in [3.05, 3.63) is 32.9 Å². The van der Waals surface area contributed by atoms with Crippen molar-refractivity contribution >= 4 is 81.3 Å². The molecule has 0 aromatic carbocycles. The summed E-state index contributed by atoms with van der Waals surface area (Å²) in [5.41, 5.74) is 6.50. The Hall–Kier alpha value is -3.15. The number of hydrogen-bond donors (Lipinski definition) is 5. The minimum atomic E-state index is -1.55. The highest BCUT2D eigenvalue weighted by atomic mass is 32.2. The van der Waals surface area contributed by atoms with Gasteiger partial charge >= 0.3 is 11.9 Å². The smallest absolute Gasteiger partial charge is 0.352 e. The quantitative estimate of drug-likeness (QED) is 0.0949. The fourth-order valence-electron chi connectivity index (χ4n) is 3.73. The van der Waals surface area contributed by atoms with Crippen LogP contribution in [0.5, 0.6) is 0 Å². The molecule has 0 saturated carbocycles. The fourth-order valence-corrected chi connectivity index (χ4v) is 8.49. The minimum absolute atomic E-state index is 0.0431. The van der Waals surface area contributed by atoms with Gasteiger partial charge in [0.1, 0.15) is 11.9 Å². The number of nitrogens with two attached hydrogens (primary N) is 1. The number of carbonyl (C=O) groups is 4. The third-order valence-corrected chi connectivity index (χ3v) is 9.82. The number of thioether (sulfide) groups is 2. The van der Waals surface area contributed by atoms with Gasteiger partial charge in [0.2, 0.25) is 5.91 Å². The average molecular weight is 571 g/mol. The maximum atomic E-state index is 12.6. The normalized spacial score (nSPS) is 21.4. The van der Waals surface area contributed by atoms with E-state index >= 15 is 0 Å². The molecule has 0 spiro atoms. The summed E-state index contributed by atoms with van der Waals surface area (Å²) >= 11 is 4.51. The van der Waals surface area contributed by atoms with Gasteiger partial charge in [-0.15, -0.1) is 22.7 Å². The predicted molar refractivity (Wildman–Crippen MR) is 133 cm³/mol. The van der Waals surface area contributed by atoms with Gasteiger partial charge in [-0.2, -0.15) is 0 Å². The van der Waals surface area contributed by atoms with Crippen LogP contribution >= 0.6 is 46.2 Å². The van der Waals surface area contributed by atoms with E-state index in [-0.39, 0.29) is 46.6 Å². The lowest BCUT2D eigenvalue weighted by Gasteiger charge is -2.51. The Morgan fingerprint density at radius 2 is 2.14 bits per heavy atom. The second-order valence-corrected chi connectivity index (χ2v) is 12.1. The van der Waals surface area contributed by atoms with Crippen LogP contribution in [-0.2, 0) is 30.5 Å². The zero-order valence-corrected chi connectivity index (χ0v) is 21.6. The van der Waals surface area contributed by atoms with Crippen molar-refractivity contribution in [2.75, 3.05) is 11.5 Å². The first-order valence-electron chi connectivity index (χ1n) is 10.0. The number of hydrogen-bond acceptors (Lipinski definition) is 13. The molecule has 13 nitrogen and oxygen atoms in total. The Kier molecular flexibility index (Phi) is 7.26. The molecular weight excluding hydrogens is 553 g/mol. The third-order valence-electron chi connectivity index (χ3n) is 5.25. The number of aliphatic carboxylic acids is 2. The lowest BCUT2D eigenvalue weighted by Crippen LogP contribution is -2.61. The Morgan fingerprint density at radius 3 is 2.72 bits per heavy atom. The molecule has 2 aromatic heterocycles. The molecule has 36 heavy (non-hydrogen) atoms. The molecule has 4 heterocycles. The van der Waals surface area contributed by atoms with Gasteiger partial charge < -0.3 is 26.5 Å². The van der Waals surface area contributed by atoms with E-state index in [1.54, 1.807) is 12.3 Å². The number of nitrogens with one attached hydrogen (secondary N) is 1. The second-order valence-electron chi connectivity index (χ2n) is 7.51. The number of carbonyl (C=O) groups excluding carboxylic acids is 2. The number of amides is 2. The van der Waals surface area contributed by atoms with Crippen molar-refractivity contribution < 1.29 is 34.6 Å². The van der Waals surface area contributed by atoms with Crippen molar-refractivity contribution in [1.29, 1.82) is 0 Å². The Labute approximate surface area is 219 Å². The first kappa shape index (κ1) is 25.9. The maximum Gasteiger partial charge on any atom is 0.352 e. The maximum absolute atomic E-state index is 12.6. The molecule has 0 bridgehead atoms. The third kappa shape index (κ3) is 4.78. The summed E-state index contributed by atoms with van der Waals surface area (Å²) in [5.74, 6) is -3.62. The van der Waals surface area contributed by atoms with Crippen LogP contribution in [0, 0.1) is 6.92 Å². The van der Waals surface area contributed by atoms with Crippen LogP contribution in [0.4, 0.5) is 5.13 Å². The molecule has 0 aliphatic carbocycles. The van der Waals surface area contributed by atoms with Gasteiger partial charge in [-0.3, -0.25) is 19.3 Å². The SMILES string of the molecule is Cc1nc(SCC2=C(C(=O)O)N3C(=O)C[C@H]3SC2(NC(=O)/C=N/O)c2csc(N)n2)sc1CC(=O)O. The lowest BCUT2D eigenvalue weighted by atomic mass is 9.98. The molecule has 190 valence electrons. The topological polar surface area (TPSA) is 208 Å². The fraction of sp³-hybridized carbons (Fsp3) is 0.316. The van der Waals surface area contributed by atoms with Gasteiger partial charge in [-0.1, -0.05) is 28.7 Å². The van der Waals surface area contributed by atoms with Crippen LogP contribution in [0.3, 0.4) is 0 Å². The first-order chi connectivity index (χ1) is 17.1. The number of nitrogen functional groups attached to an aromatic ring is 1. The van der Waals surface area contributed by atoms with E-state index in [1.165, 1.54) is 4.90 Å². The van der Waals surface area contributed by atoms with E-state index in [9.17, 15) is 24.3 Å². The summed E-state index contributed by atoms with van der Waals surface area (Å²) in [7, 11) is 0. The standard InChI is InChI=1S/C19H18N6O7S4/c1-7-9(2-14(28)29)35-18(22-7)34-5-8-15(16(30)31)25-12(27)3-13(25)36-19(8,24-11(26)4-21-32)10-6-33-17(20)23-10/h4,6,13,32H,2-3,5H2,1H3,(H2,20,23)(H,24,26)(H,28,29)(H,30,31)/b21-4+/t13-,19?/m1/s1. The minimum Gasteiger partial charge on any atom is -0.481 e. The number of oxime groups is 1. The lowest BCUT2D eigenvalue weighted by molar-refractivity contribution is -0.146. The Balaban J connectivity index is 1.83. The summed E-state index contributed by atoms with van der Waals surface area (Å²) in [6.07, 6.45) is 0.479. The molecule has 2 aliphatic rings. The molecule has 2 atom stereocenters. The number of rotatable bonds is 9. The van der Waals surface area contributed by atoms with E-state index in [0.717, 1.165) is 46.2 Å². The van der Waals surface area contributed by atoms with Crippen molar-refractivity contribution in [2.24, 2.45) is 5.16 Å². The number of thiazole rings is 2. The van der Waals surface area contributed by atoms with Crippen LogP contribution in [0.25, 0.3) is 0 Å². The monoisotopic (exact) mass is 570 g/mol. The van der Waals surface area contributed by atoms with Crippen LogP contribution in [0.1, 0.15) is 22.7 Å². The zero-order chi connectivity index (χ0) is 26.2. The predicted octanol–water partition coefficient (Wildman–Crippen LogP) is 1.28. The Morgan fingerprint density at radius 1 is 1.39 bits per heavy atom. The number of fused-ring (bicyclic) bond motifs is 1. The summed E-state index contributed by atoms with van der Waals surface area (Å²) < 4.78 is 0.484. The molecule has 1 fully saturated rings.